The highest BCUT2D eigenvalue weighted by atomic mass is 32.1. The zero-order valence-electron chi connectivity index (χ0n) is 14.0. The molecule has 1 N–H and O–H groups in total. The van der Waals surface area contributed by atoms with Gasteiger partial charge in [0.1, 0.15) is 5.82 Å². The van der Waals surface area contributed by atoms with Crippen molar-refractivity contribution in [2.24, 2.45) is 0 Å². The number of nitrogens with one attached hydrogen (secondary N) is 1. The quantitative estimate of drug-likeness (QED) is 0.773. The second-order valence-corrected chi connectivity index (χ2v) is 7.25. The van der Waals surface area contributed by atoms with Crippen molar-refractivity contribution in [1.29, 1.82) is 0 Å². The Bertz CT molecular complexity index is 799. The topological polar surface area (TPSA) is 45.5 Å². The molecule has 4 heterocycles. The molecule has 0 amide bonds. The van der Waals surface area contributed by atoms with Crippen LogP contribution in [0.2, 0.25) is 0 Å². The summed E-state index contributed by atoms with van der Waals surface area (Å²) in [5.41, 5.74) is 3.57. The van der Waals surface area contributed by atoms with Crippen molar-refractivity contribution in [3.63, 3.8) is 0 Å². The Morgan fingerprint density at radius 2 is 2.04 bits per heavy atom. The molecule has 5 nitrogen and oxygen atoms in total. The van der Waals surface area contributed by atoms with Crippen molar-refractivity contribution in [3.8, 4) is 0 Å². The molecule has 0 aromatic carbocycles. The Morgan fingerprint density at radius 1 is 1.17 bits per heavy atom. The van der Waals surface area contributed by atoms with E-state index in [1.807, 2.05) is 6.20 Å². The SMILES string of the molecule is Cc1nc2sccn2c1CNCc1ccc(N2CCCCC2)nc1. The zero-order chi connectivity index (χ0) is 16.4. The first kappa shape index (κ1) is 15.6. The number of anilines is 1. The molecular weight excluding hydrogens is 318 g/mol. The Hall–Kier alpha value is -1.92. The van der Waals surface area contributed by atoms with Crippen LogP contribution in [0.15, 0.2) is 29.9 Å². The van der Waals surface area contributed by atoms with Gasteiger partial charge in [-0.2, -0.15) is 0 Å². The predicted octanol–water partition coefficient (Wildman–Crippen LogP) is 3.38. The zero-order valence-corrected chi connectivity index (χ0v) is 14.9. The molecule has 0 aliphatic carbocycles. The third-order valence-electron chi connectivity index (χ3n) is 4.67. The first-order valence-electron chi connectivity index (χ1n) is 8.63. The average Bonchev–Trinajstić information content (AvgIpc) is 3.18. The Labute approximate surface area is 146 Å². The molecule has 1 aliphatic heterocycles. The Morgan fingerprint density at radius 3 is 2.83 bits per heavy atom. The van der Waals surface area contributed by atoms with Gasteiger partial charge in [-0.1, -0.05) is 6.07 Å². The van der Waals surface area contributed by atoms with Gasteiger partial charge < -0.3 is 10.2 Å². The van der Waals surface area contributed by atoms with Gasteiger partial charge in [-0.15, -0.1) is 11.3 Å². The van der Waals surface area contributed by atoms with Crippen LogP contribution in [-0.4, -0.2) is 27.5 Å². The second-order valence-electron chi connectivity index (χ2n) is 6.38. The molecule has 24 heavy (non-hydrogen) atoms. The molecule has 3 aromatic rings. The van der Waals surface area contributed by atoms with Crippen molar-refractivity contribution in [1.82, 2.24) is 19.7 Å². The number of piperidine rings is 1. The molecule has 126 valence electrons. The van der Waals surface area contributed by atoms with E-state index in [1.165, 1.54) is 30.5 Å². The van der Waals surface area contributed by atoms with Crippen LogP contribution < -0.4 is 10.2 Å². The number of imidazole rings is 1. The van der Waals surface area contributed by atoms with Crippen LogP contribution in [-0.2, 0) is 13.1 Å². The fourth-order valence-electron chi connectivity index (χ4n) is 3.31. The minimum atomic E-state index is 0.817. The lowest BCUT2D eigenvalue weighted by Crippen LogP contribution is -2.30. The van der Waals surface area contributed by atoms with E-state index in [0.717, 1.165) is 42.7 Å². The monoisotopic (exact) mass is 341 g/mol. The highest BCUT2D eigenvalue weighted by Gasteiger charge is 2.12. The van der Waals surface area contributed by atoms with E-state index in [1.54, 1.807) is 11.3 Å². The van der Waals surface area contributed by atoms with Crippen LogP contribution in [0.4, 0.5) is 5.82 Å². The number of pyridine rings is 1. The normalized spacial score (nSPS) is 15.3. The summed E-state index contributed by atoms with van der Waals surface area (Å²) in [6, 6.07) is 4.34. The first-order valence-corrected chi connectivity index (χ1v) is 9.51. The third kappa shape index (κ3) is 3.16. The highest BCUT2D eigenvalue weighted by Crippen LogP contribution is 2.18. The molecule has 0 atom stereocenters. The largest absolute Gasteiger partial charge is 0.357 e. The molecule has 1 fully saturated rings. The lowest BCUT2D eigenvalue weighted by atomic mass is 10.1. The second kappa shape index (κ2) is 6.91. The van der Waals surface area contributed by atoms with E-state index < -0.39 is 0 Å². The molecule has 4 rings (SSSR count). The molecule has 0 bridgehead atoms. The summed E-state index contributed by atoms with van der Waals surface area (Å²) in [6.07, 6.45) is 8.01. The minimum Gasteiger partial charge on any atom is -0.357 e. The molecule has 0 radical (unpaired) electrons. The van der Waals surface area contributed by atoms with Gasteiger partial charge in [-0.3, -0.25) is 4.40 Å². The predicted molar refractivity (Wildman–Crippen MR) is 98.7 cm³/mol. The van der Waals surface area contributed by atoms with Crippen molar-refractivity contribution >= 4 is 22.1 Å². The number of nitrogens with zero attached hydrogens (tertiary/aromatic N) is 4. The summed E-state index contributed by atoms with van der Waals surface area (Å²) < 4.78 is 2.17. The van der Waals surface area contributed by atoms with Crippen LogP contribution in [0.5, 0.6) is 0 Å². The lowest BCUT2D eigenvalue weighted by molar-refractivity contribution is 0.573. The lowest BCUT2D eigenvalue weighted by Gasteiger charge is -2.27. The highest BCUT2D eigenvalue weighted by molar-refractivity contribution is 7.15. The fraction of sp³-hybridized carbons (Fsp3) is 0.444. The maximum Gasteiger partial charge on any atom is 0.194 e. The third-order valence-corrected chi connectivity index (χ3v) is 5.43. The van der Waals surface area contributed by atoms with Crippen molar-refractivity contribution in [2.75, 3.05) is 18.0 Å². The number of fused-ring (bicyclic) bond motifs is 1. The van der Waals surface area contributed by atoms with E-state index in [9.17, 15) is 0 Å². The van der Waals surface area contributed by atoms with Crippen LogP contribution in [0, 0.1) is 6.92 Å². The van der Waals surface area contributed by atoms with Gasteiger partial charge in [-0.05, 0) is 37.8 Å². The molecule has 0 saturated carbocycles. The van der Waals surface area contributed by atoms with Gasteiger partial charge in [0.15, 0.2) is 4.96 Å². The van der Waals surface area contributed by atoms with Crippen molar-refractivity contribution in [3.05, 3.63) is 46.9 Å². The number of hydrogen-bond donors (Lipinski definition) is 1. The van der Waals surface area contributed by atoms with Crippen LogP contribution in [0.25, 0.3) is 4.96 Å². The molecule has 3 aromatic heterocycles. The van der Waals surface area contributed by atoms with Gasteiger partial charge in [0.25, 0.3) is 0 Å². The van der Waals surface area contributed by atoms with Gasteiger partial charge in [-0.25, -0.2) is 9.97 Å². The van der Waals surface area contributed by atoms with Crippen LogP contribution >= 0.6 is 11.3 Å². The number of hydrogen-bond acceptors (Lipinski definition) is 5. The smallest absolute Gasteiger partial charge is 0.194 e. The van der Waals surface area contributed by atoms with Crippen LogP contribution in [0.1, 0.15) is 36.2 Å². The average molecular weight is 341 g/mol. The molecular formula is C18H23N5S. The van der Waals surface area contributed by atoms with Gasteiger partial charge >= 0.3 is 0 Å². The number of thiazole rings is 1. The summed E-state index contributed by atoms with van der Waals surface area (Å²) in [5.74, 6) is 1.12. The summed E-state index contributed by atoms with van der Waals surface area (Å²) >= 11 is 1.68. The Kier molecular flexibility index (Phi) is 4.49. The van der Waals surface area contributed by atoms with Crippen LogP contribution in [0.3, 0.4) is 0 Å². The number of rotatable bonds is 5. The van der Waals surface area contributed by atoms with Gasteiger partial charge in [0.2, 0.25) is 0 Å². The number of aromatic nitrogens is 3. The Balaban J connectivity index is 1.36. The first-order chi connectivity index (χ1) is 11.8. The fourth-order valence-corrected chi connectivity index (χ4v) is 4.09. The number of aryl methyl sites for hydroxylation is 1. The van der Waals surface area contributed by atoms with E-state index in [0.29, 0.717) is 0 Å². The maximum atomic E-state index is 4.65. The standard InChI is InChI=1S/C18H23N5S/c1-14-16(23-9-10-24-18(23)21-14)13-19-11-15-5-6-17(20-12-15)22-7-3-2-4-8-22/h5-6,9-10,12,19H,2-4,7-8,11,13H2,1H3. The van der Waals surface area contributed by atoms with E-state index in [2.05, 4.69) is 55.2 Å². The molecule has 1 aliphatic rings. The summed E-state index contributed by atoms with van der Waals surface area (Å²) in [4.78, 5) is 12.7. The van der Waals surface area contributed by atoms with E-state index in [4.69, 9.17) is 0 Å². The van der Waals surface area contributed by atoms with Gasteiger partial charge in [0.05, 0.1) is 11.4 Å². The van der Waals surface area contributed by atoms with Crippen molar-refractivity contribution < 1.29 is 0 Å². The summed E-state index contributed by atoms with van der Waals surface area (Å²) in [7, 11) is 0. The molecule has 0 unspecified atom stereocenters. The van der Waals surface area contributed by atoms with Crippen molar-refractivity contribution in [2.45, 2.75) is 39.3 Å². The summed E-state index contributed by atoms with van der Waals surface area (Å²) in [6.45, 7) is 6.00. The molecule has 6 heteroatoms. The molecule has 1 saturated heterocycles. The maximum absolute atomic E-state index is 4.65. The van der Waals surface area contributed by atoms with E-state index >= 15 is 0 Å². The molecule has 0 spiro atoms. The van der Waals surface area contributed by atoms with Gasteiger partial charge in [0, 0.05) is 44.0 Å². The minimum absolute atomic E-state index is 0.817. The van der Waals surface area contributed by atoms with E-state index in [-0.39, 0.29) is 0 Å². The summed E-state index contributed by atoms with van der Waals surface area (Å²) in [5, 5.41) is 5.59.